The Kier molecular flexibility index (Phi) is 5.33. The monoisotopic (exact) mass is 397 g/mol. The van der Waals surface area contributed by atoms with Gasteiger partial charge in [-0.15, -0.1) is 6.42 Å². The quantitative estimate of drug-likeness (QED) is 0.565. The van der Waals surface area contributed by atoms with Crippen LogP contribution in [0.3, 0.4) is 0 Å². The molecule has 2 saturated heterocycles. The van der Waals surface area contributed by atoms with Gasteiger partial charge in [0.05, 0.1) is 0 Å². The fourth-order valence-corrected chi connectivity index (χ4v) is 3.38. The lowest BCUT2D eigenvalue weighted by molar-refractivity contribution is -0.150. The number of carbonyl (C=O) groups excluding carboxylic acids is 4. The number of amides is 5. The van der Waals surface area contributed by atoms with E-state index in [1.165, 1.54) is 4.90 Å². The van der Waals surface area contributed by atoms with E-state index < -0.39 is 29.6 Å². The van der Waals surface area contributed by atoms with Gasteiger partial charge in [0, 0.05) is 30.8 Å². The smallest absolute Gasteiger partial charge is 0.424 e. The molecule has 2 heterocycles. The minimum Gasteiger partial charge on any atom is -0.443 e. The molecule has 2 aliphatic heterocycles. The molecule has 0 aliphatic carbocycles. The summed E-state index contributed by atoms with van der Waals surface area (Å²) < 4.78 is 5.18. The maximum Gasteiger partial charge on any atom is 0.424 e. The molecule has 0 radical (unpaired) electrons. The van der Waals surface area contributed by atoms with Crippen molar-refractivity contribution in [3.63, 3.8) is 0 Å². The highest BCUT2D eigenvalue weighted by Crippen LogP contribution is 2.27. The first-order chi connectivity index (χ1) is 13.6. The van der Waals surface area contributed by atoms with E-state index in [1.807, 2.05) is 0 Å². The molecule has 1 unspecified atom stereocenters. The van der Waals surface area contributed by atoms with Crippen LogP contribution in [0, 0.1) is 12.3 Å². The average Bonchev–Trinajstić information content (AvgIpc) is 3.02. The van der Waals surface area contributed by atoms with E-state index in [0.717, 1.165) is 0 Å². The predicted octanol–water partition coefficient (Wildman–Crippen LogP) is 2.36. The van der Waals surface area contributed by atoms with Crippen LogP contribution < -0.4 is 4.90 Å². The van der Waals surface area contributed by atoms with E-state index in [0.29, 0.717) is 29.2 Å². The number of hydrogen-bond donors (Lipinski definition) is 0. The van der Waals surface area contributed by atoms with Crippen LogP contribution in [-0.4, -0.2) is 58.5 Å². The maximum absolute atomic E-state index is 12.9. The Bertz CT molecular complexity index is 894. The van der Waals surface area contributed by atoms with E-state index in [2.05, 4.69) is 5.92 Å². The molecule has 5 amide bonds. The Balaban J connectivity index is 1.77. The largest absolute Gasteiger partial charge is 0.443 e. The fraction of sp³-hybridized carbons (Fsp3) is 0.429. The number of likely N-dealkylation sites (tertiary alicyclic amines) is 1. The molecule has 29 heavy (non-hydrogen) atoms. The molecule has 2 fully saturated rings. The number of carbonyl (C=O) groups is 4. The molecule has 1 aromatic rings. The molecular formula is C21H23N3O5. The van der Waals surface area contributed by atoms with E-state index >= 15 is 0 Å². The summed E-state index contributed by atoms with van der Waals surface area (Å²) in [5, 5.41) is 0. The third-order valence-corrected chi connectivity index (χ3v) is 4.73. The van der Waals surface area contributed by atoms with Gasteiger partial charge in [-0.25, -0.2) is 9.59 Å². The van der Waals surface area contributed by atoms with E-state index in [9.17, 15) is 19.2 Å². The van der Waals surface area contributed by atoms with Crippen molar-refractivity contribution >= 4 is 29.6 Å². The summed E-state index contributed by atoms with van der Waals surface area (Å²) >= 11 is 0. The van der Waals surface area contributed by atoms with Crippen molar-refractivity contribution in [3.8, 4) is 12.3 Å². The van der Waals surface area contributed by atoms with Gasteiger partial charge < -0.3 is 9.64 Å². The van der Waals surface area contributed by atoms with Gasteiger partial charge in [0.25, 0.3) is 5.91 Å². The van der Waals surface area contributed by atoms with Crippen molar-refractivity contribution < 1.29 is 23.9 Å². The number of ether oxygens (including phenoxy) is 1. The number of rotatable bonds is 2. The molecule has 0 spiro atoms. The zero-order valence-electron chi connectivity index (χ0n) is 16.7. The molecule has 0 bridgehead atoms. The Morgan fingerprint density at radius 3 is 2.38 bits per heavy atom. The second kappa shape index (κ2) is 7.59. The first-order valence-electron chi connectivity index (χ1n) is 9.37. The number of nitrogens with zero attached hydrogens (tertiary/aromatic N) is 3. The molecule has 1 aromatic carbocycles. The second-order valence-corrected chi connectivity index (χ2v) is 7.92. The lowest BCUT2D eigenvalue weighted by Crippen LogP contribution is -2.57. The third-order valence-electron chi connectivity index (χ3n) is 4.73. The lowest BCUT2D eigenvalue weighted by Gasteiger charge is -2.34. The number of anilines is 1. The molecule has 1 atom stereocenters. The first-order valence-corrected chi connectivity index (χ1v) is 9.37. The second-order valence-electron chi connectivity index (χ2n) is 7.92. The van der Waals surface area contributed by atoms with Crippen LogP contribution in [0.4, 0.5) is 15.3 Å². The van der Waals surface area contributed by atoms with Crippen molar-refractivity contribution in [1.82, 2.24) is 9.80 Å². The molecule has 3 rings (SSSR count). The first kappa shape index (κ1) is 20.4. The molecule has 2 aliphatic rings. The highest BCUT2D eigenvalue weighted by molar-refractivity contribution is 6.13. The highest BCUT2D eigenvalue weighted by atomic mass is 16.6. The van der Waals surface area contributed by atoms with Gasteiger partial charge in [-0.2, -0.15) is 4.90 Å². The summed E-state index contributed by atoms with van der Waals surface area (Å²) in [5.74, 6) is 1.17. The van der Waals surface area contributed by atoms with Crippen LogP contribution in [-0.2, 0) is 14.3 Å². The minimum atomic E-state index is -1.01. The normalized spacial score (nSPS) is 20.1. The maximum atomic E-state index is 12.9. The van der Waals surface area contributed by atoms with Crippen molar-refractivity contribution in [1.29, 1.82) is 0 Å². The molecule has 0 saturated carbocycles. The van der Waals surface area contributed by atoms with Gasteiger partial charge in [-0.1, -0.05) is 5.92 Å². The summed E-state index contributed by atoms with van der Waals surface area (Å²) in [4.78, 5) is 53.8. The van der Waals surface area contributed by atoms with Crippen molar-refractivity contribution in [2.45, 2.75) is 45.3 Å². The van der Waals surface area contributed by atoms with Crippen LogP contribution in [0.25, 0.3) is 0 Å². The van der Waals surface area contributed by atoms with E-state index in [1.54, 1.807) is 49.9 Å². The standard InChI is InChI=1S/C21H23N3O5/c1-5-14-6-8-15(9-7-14)22-12-13-23(19(22)27)16-10-11-17(25)24(18(16)26)20(28)29-21(2,3)4/h1,6-9,16H,10-13H2,2-4H3. The van der Waals surface area contributed by atoms with Crippen molar-refractivity contribution in [2.24, 2.45) is 0 Å². The topological polar surface area (TPSA) is 87.2 Å². The van der Waals surface area contributed by atoms with Crippen LogP contribution in [0.5, 0.6) is 0 Å². The average molecular weight is 397 g/mol. The van der Waals surface area contributed by atoms with E-state index in [4.69, 9.17) is 11.2 Å². The summed E-state index contributed by atoms with van der Waals surface area (Å²) in [7, 11) is 0. The van der Waals surface area contributed by atoms with Crippen LogP contribution in [0.15, 0.2) is 24.3 Å². The summed E-state index contributed by atoms with van der Waals surface area (Å²) in [6, 6.07) is 5.73. The Labute approximate surface area is 169 Å². The van der Waals surface area contributed by atoms with Gasteiger partial charge in [0.1, 0.15) is 11.6 Å². The Morgan fingerprint density at radius 2 is 1.79 bits per heavy atom. The fourth-order valence-electron chi connectivity index (χ4n) is 3.38. The lowest BCUT2D eigenvalue weighted by atomic mass is 10.0. The number of imide groups is 3. The molecule has 0 N–H and O–H groups in total. The molecule has 8 heteroatoms. The predicted molar refractivity (Wildman–Crippen MR) is 105 cm³/mol. The summed E-state index contributed by atoms with van der Waals surface area (Å²) in [6.07, 6.45) is 4.50. The molecule has 152 valence electrons. The zero-order chi connectivity index (χ0) is 21.3. The summed E-state index contributed by atoms with van der Waals surface area (Å²) in [5.41, 5.74) is 0.515. The van der Waals surface area contributed by atoms with Crippen LogP contribution in [0.2, 0.25) is 0 Å². The van der Waals surface area contributed by atoms with E-state index in [-0.39, 0.29) is 18.9 Å². The van der Waals surface area contributed by atoms with Crippen LogP contribution >= 0.6 is 0 Å². The van der Waals surface area contributed by atoms with Gasteiger partial charge in [-0.3, -0.25) is 14.5 Å². The SMILES string of the molecule is C#Cc1ccc(N2CCN(C3CCC(=O)N(C(=O)OC(C)(C)C)C3=O)C2=O)cc1. The van der Waals surface area contributed by atoms with Crippen molar-refractivity contribution in [2.75, 3.05) is 18.0 Å². The number of terminal acetylenes is 1. The van der Waals surface area contributed by atoms with Gasteiger partial charge in [-0.05, 0) is 51.5 Å². The Morgan fingerprint density at radius 1 is 1.14 bits per heavy atom. The third kappa shape index (κ3) is 4.09. The molecular weight excluding hydrogens is 374 g/mol. The Hall–Kier alpha value is -3.34. The zero-order valence-corrected chi connectivity index (χ0v) is 16.7. The number of urea groups is 1. The number of hydrogen-bond acceptors (Lipinski definition) is 5. The van der Waals surface area contributed by atoms with Gasteiger partial charge >= 0.3 is 12.1 Å². The highest BCUT2D eigenvalue weighted by Gasteiger charge is 2.46. The van der Waals surface area contributed by atoms with Crippen LogP contribution in [0.1, 0.15) is 39.2 Å². The molecule has 0 aromatic heterocycles. The minimum absolute atomic E-state index is 0.0176. The molecule has 8 nitrogen and oxygen atoms in total. The van der Waals surface area contributed by atoms with Gasteiger partial charge in [0.2, 0.25) is 5.91 Å². The number of piperidine rings is 1. The number of benzene rings is 1. The van der Waals surface area contributed by atoms with Crippen molar-refractivity contribution in [3.05, 3.63) is 29.8 Å². The summed E-state index contributed by atoms with van der Waals surface area (Å²) in [6.45, 7) is 5.64. The van der Waals surface area contributed by atoms with Gasteiger partial charge in [0.15, 0.2) is 0 Å².